The van der Waals surface area contributed by atoms with Crippen LogP contribution in [0.1, 0.15) is 17.5 Å². The van der Waals surface area contributed by atoms with Gasteiger partial charge in [-0.1, -0.05) is 12.1 Å². The van der Waals surface area contributed by atoms with E-state index in [0.29, 0.717) is 6.54 Å². The first-order chi connectivity index (χ1) is 7.27. The Bertz CT molecular complexity index is 359. The molecule has 0 saturated carbocycles. The quantitative estimate of drug-likeness (QED) is 0.815. The molecule has 2 N–H and O–H groups in total. The molecular weight excluding hydrogens is 190 g/mol. The van der Waals surface area contributed by atoms with E-state index in [4.69, 9.17) is 15.2 Å². The van der Waals surface area contributed by atoms with Crippen molar-refractivity contribution < 1.29 is 9.47 Å². The second-order valence-corrected chi connectivity index (χ2v) is 3.89. The smallest absolute Gasteiger partial charge is 0.122 e. The third-order valence-electron chi connectivity index (χ3n) is 3.34. The van der Waals surface area contributed by atoms with Crippen LogP contribution in [-0.4, -0.2) is 20.8 Å². The van der Waals surface area contributed by atoms with Crippen LogP contribution < -0.4 is 10.5 Å². The lowest BCUT2D eigenvalue weighted by molar-refractivity contribution is -0.00515. The third-order valence-corrected chi connectivity index (χ3v) is 3.34. The molecule has 0 aromatic heterocycles. The van der Waals surface area contributed by atoms with Gasteiger partial charge >= 0.3 is 0 Å². The van der Waals surface area contributed by atoms with E-state index in [-0.39, 0.29) is 5.60 Å². The topological polar surface area (TPSA) is 44.5 Å². The third kappa shape index (κ3) is 1.43. The SMILES string of the molecule is COc1cccc2c1CCC2(CN)OC. The molecule has 3 nitrogen and oxygen atoms in total. The number of ether oxygens (including phenoxy) is 2. The van der Waals surface area contributed by atoms with Crippen molar-refractivity contribution >= 4 is 0 Å². The van der Waals surface area contributed by atoms with Crippen LogP contribution >= 0.6 is 0 Å². The van der Waals surface area contributed by atoms with E-state index < -0.39 is 0 Å². The minimum atomic E-state index is -0.302. The van der Waals surface area contributed by atoms with Crippen LogP contribution in [0.25, 0.3) is 0 Å². The van der Waals surface area contributed by atoms with Crippen LogP contribution in [0.3, 0.4) is 0 Å². The minimum absolute atomic E-state index is 0.302. The van der Waals surface area contributed by atoms with Gasteiger partial charge in [0.15, 0.2) is 0 Å². The Morgan fingerprint density at radius 2 is 2.20 bits per heavy atom. The molecule has 0 saturated heterocycles. The molecule has 1 atom stereocenters. The second-order valence-electron chi connectivity index (χ2n) is 3.89. The fourth-order valence-electron chi connectivity index (χ4n) is 2.41. The molecule has 82 valence electrons. The molecule has 0 heterocycles. The van der Waals surface area contributed by atoms with Gasteiger partial charge in [-0.2, -0.15) is 0 Å². The zero-order chi connectivity index (χ0) is 10.9. The monoisotopic (exact) mass is 207 g/mol. The van der Waals surface area contributed by atoms with Crippen molar-refractivity contribution in [3.8, 4) is 5.75 Å². The van der Waals surface area contributed by atoms with Gasteiger partial charge in [0.25, 0.3) is 0 Å². The molecule has 1 unspecified atom stereocenters. The van der Waals surface area contributed by atoms with E-state index in [1.54, 1.807) is 14.2 Å². The van der Waals surface area contributed by atoms with Crippen molar-refractivity contribution in [2.45, 2.75) is 18.4 Å². The van der Waals surface area contributed by atoms with Gasteiger partial charge in [0.1, 0.15) is 11.4 Å². The van der Waals surface area contributed by atoms with Crippen molar-refractivity contribution in [2.24, 2.45) is 5.73 Å². The summed E-state index contributed by atoms with van der Waals surface area (Å²) in [6, 6.07) is 6.06. The summed E-state index contributed by atoms with van der Waals surface area (Å²) in [5.41, 5.74) is 7.95. The van der Waals surface area contributed by atoms with Crippen LogP contribution in [0.15, 0.2) is 18.2 Å². The number of benzene rings is 1. The normalized spacial score (nSPS) is 23.9. The Labute approximate surface area is 90.2 Å². The van der Waals surface area contributed by atoms with Gasteiger partial charge < -0.3 is 15.2 Å². The Hall–Kier alpha value is -1.06. The maximum atomic E-state index is 5.82. The Morgan fingerprint density at radius 1 is 1.40 bits per heavy atom. The molecule has 1 aliphatic rings. The van der Waals surface area contributed by atoms with Crippen LogP contribution in [0, 0.1) is 0 Å². The molecule has 15 heavy (non-hydrogen) atoms. The standard InChI is InChI=1S/C12H17NO2/c1-14-11-5-3-4-10-9(11)6-7-12(10,8-13)15-2/h3-5H,6-8,13H2,1-2H3. The first-order valence-corrected chi connectivity index (χ1v) is 5.19. The maximum absolute atomic E-state index is 5.82. The molecule has 2 rings (SSSR count). The molecule has 0 bridgehead atoms. The number of rotatable bonds is 3. The number of methoxy groups -OCH3 is 2. The molecule has 3 heteroatoms. The summed E-state index contributed by atoms with van der Waals surface area (Å²) >= 11 is 0. The molecule has 0 aliphatic heterocycles. The lowest BCUT2D eigenvalue weighted by atomic mass is 9.96. The fraction of sp³-hybridized carbons (Fsp3) is 0.500. The van der Waals surface area contributed by atoms with Crippen LogP contribution in [0.4, 0.5) is 0 Å². The van der Waals surface area contributed by atoms with Crippen LogP contribution in [0.5, 0.6) is 5.75 Å². The van der Waals surface area contributed by atoms with Gasteiger partial charge in [0.05, 0.1) is 7.11 Å². The second kappa shape index (κ2) is 3.83. The van der Waals surface area contributed by atoms with E-state index in [2.05, 4.69) is 6.07 Å². The average Bonchev–Trinajstić information content (AvgIpc) is 2.68. The zero-order valence-electron chi connectivity index (χ0n) is 9.25. The van der Waals surface area contributed by atoms with Crippen molar-refractivity contribution in [3.05, 3.63) is 29.3 Å². The van der Waals surface area contributed by atoms with Crippen molar-refractivity contribution in [3.63, 3.8) is 0 Å². The molecule has 0 radical (unpaired) electrons. The summed E-state index contributed by atoms with van der Waals surface area (Å²) in [6.07, 6.45) is 1.92. The summed E-state index contributed by atoms with van der Waals surface area (Å²) in [6.45, 7) is 0.518. The summed E-state index contributed by atoms with van der Waals surface area (Å²) in [4.78, 5) is 0. The molecule has 0 amide bonds. The summed E-state index contributed by atoms with van der Waals surface area (Å²) in [5.74, 6) is 0.944. The van der Waals surface area contributed by atoms with E-state index in [1.807, 2.05) is 12.1 Å². The van der Waals surface area contributed by atoms with Gasteiger partial charge in [0, 0.05) is 19.2 Å². The number of hydrogen-bond donors (Lipinski definition) is 1. The Morgan fingerprint density at radius 3 is 2.80 bits per heavy atom. The highest BCUT2D eigenvalue weighted by molar-refractivity contribution is 5.47. The van der Waals surface area contributed by atoms with E-state index in [0.717, 1.165) is 18.6 Å². The molecule has 1 aromatic carbocycles. The van der Waals surface area contributed by atoms with Crippen molar-refractivity contribution in [1.82, 2.24) is 0 Å². The first-order valence-electron chi connectivity index (χ1n) is 5.19. The molecule has 1 aromatic rings. The highest BCUT2D eigenvalue weighted by atomic mass is 16.5. The zero-order valence-corrected chi connectivity index (χ0v) is 9.25. The summed E-state index contributed by atoms with van der Waals surface area (Å²) in [7, 11) is 3.42. The predicted octanol–water partition coefficient (Wildman–Crippen LogP) is 1.44. The van der Waals surface area contributed by atoms with E-state index in [1.165, 1.54) is 11.1 Å². The van der Waals surface area contributed by atoms with Gasteiger partial charge in [-0.15, -0.1) is 0 Å². The van der Waals surface area contributed by atoms with Gasteiger partial charge in [-0.25, -0.2) is 0 Å². The van der Waals surface area contributed by atoms with Gasteiger partial charge in [-0.3, -0.25) is 0 Å². The lowest BCUT2D eigenvalue weighted by Crippen LogP contribution is -2.34. The Kier molecular flexibility index (Phi) is 2.67. The number of hydrogen-bond acceptors (Lipinski definition) is 3. The average molecular weight is 207 g/mol. The maximum Gasteiger partial charge on any atom is 0.122 e. The highest BCUT2D eigenvalue weighted by Gasteiger charge is 2.38. The highest BCUT2D eigenvalue weighted by Crippen LogP contribution is 2.42. The van der Waals surface area contributed by atoms with Crippen LogP contribution in [-0.2, 0) is 16.8 Å². The molecular formula is C12H17NO2. The van der Waals surface area contributed by atoms with Gasteiger partial charge in [0.2, 0.25) is 0 Å². The molecule has 1 aliphatic carbocycles. The van der Waals surface area contributed by atoms with E-state index >= 15 is 0 Å². The van der Waals surface area contributed by atoms with Crippen molar-refractivity contribution in [1.29, 1.82) is 0 Å². The van der Waals surface area contributed by atoms with Crippen molar-refractivity contribution in [2.75, 3.05) is 20.8 Å². The summed E-state index contributed by atoms with van der Waals surface area (Å²) < 4.78 is 10.9. The van der Waals surface area contributed by atoms with E-state index in [9.17, 15) is 0 Å². The predicted molar refractivity (Wildman–Crippen MR) is 59.1 cm³/mol. The molecule has 0 fully saturated rings. The number of nitrogens with two attached hydrogens (primary N) is 1. The largest absolute Gasteiger partial charge is 0.496 e. The minimum Gasteiger partial charge on any atom is -0.496 e. The lowest BCUT2D eigenvalue weighted by Gasteiger charge is -2.27. The van der Waals surface area contributed by atoms with Crippen LogP contribution in [0.2, 0.25) is 0 Å². The van der Waals surface area contributed by atoms with Gasteiger partial charge in [-0.05, 0) is 24.5 Å². The fourth-order valence-corrected chi connectivity index (χ4v) is 2.41. The summed E-state index contributed by atoms with van der Waals surface area (Å²) in [5, 5.41) is 0. The molecule has 0 spiro atoms. The Balaban J connectivity index is 2.51. The first kappa shape index (κ1) is 10.5. The number of fused-ring (bicyclic) bond motifs is 1.